The zero-order valence-corrected chi connectivity index (χ0v) is 15.6. The molecule has 0 radical (unpaired) electrons. The van der Waals surface area contributed by atoms with E-state index in [2.05, 4.69) is 10.1 Å². The van der Waals surface area contributed by atoms with Crippen molar-refractivity contribution in [3.63, 3.8) is 0 Å². The highest BCUT2D eigenvalue weighted by Crippen LogP contribution is 2.41. The highest BCUT2D eigenvalue weighted by molar-refractivity contribution is 6.09. The summed E-state index contributed by atoms with van der Waals surface area (Å²) in [5.41, 5.74) is 0.648. The average molecular weight is 398 g/mol. The number of furan rings is 1. The molecule has 1 atom stereocenters. The van der Waals surface area contributed by atoms with E-state index in [0.29, 0.717) is 12.8 Å². The quantitative estimate of drug-likeness (QED) is 0.599. The van der Waals surface area contributed by atoms with Crippen molar-refractivity contribution in [3.05, 3.63) is 59.0 Å². The van der Waals surface area contributed by atoms with Crippen LogP contribution in [0.2, 0.25) is 0 Å². The number of benzene rings is 1. The van der Waals surface area contributed by atoms with Crippen molar-refractivity contribution < 1.29 is 33.1 Å². The molecule has 1 N–H and O–H groups in total. The summed E-state index contributed by atoms with van der Waals surface area (Å²) < 4.78 is 14.8. The van der Waals surface area contributed by atoms with Crippen molar-refractivity contribution in [1.82, 2.24) is 10.2 Å². The number of nitrogens with zero attached hydrogens (tertiary/aromatic N) is 1. The molecule has 2 aliphatic rings. The van der Waals surface area contributed by atoms with Gasteiger partial charge in [-0.05, 0) is 36.1 Å². The number of amides is 3. The van der Waals surface area contributed by atoms with Crippen LogP contribution in [-0.4, -0.2) is 42.4 Å². The van der Waals surface area contributed by atoms with Crippen LogP contribution in [0.5, 0.6) is 0 Å². The Bertz CT molecular complexity index is 1010. The Morgan fingerprint density at radius 2 is 2.00 bits per heavy atom. The van der Waals surface area contributed by atoms with Crippen molar-refractivity contribution >= 4 is 23.9 Å². The lowest BCUT2D eigenvalue weighted by atomic mass is 9.92. The zero-order valence-electron chi connectivity index (χ0n) is 15.6. The molecule has 0 saturated carbocycles. The molecule has 2 heterocycles. The third-order valence-corrected chi connectivity index (χ3v) is 5.13. The molecule has 4 rings (SSSR count). The van der Waals surface area contributed by atoms with Gasteiger partial charge in [-0.2, -0.15) is 0 Å². The number of methoxy groups -OCH3 is 1. The number of imide groups is 1. The smallest absolute Gasteiger partial charge is 0.373 e. The predicted octanol–water partition coefficient (Wildman–Crippen LogP) is 1.50. The molecule has 29 heavy (non-hydrogen) atoms. The minimum Gasteiger partial charge on any atom is -0.463 e. The molecule has 0 unspecified atom stereocenters. The minimum atomic E-state index is -1.12. The van der Waals surface area contributed by atoms with E-state index in [4.69, 9.17) is 9.15 Å². The Balaban J connectivity index is 1.40. The summed E-state index contributed by atoms with van der Waals surface area (Å²) in [6.45, 7) is -0.757. The van der Waals surface area contributed by atoms with E-state index in [1.54, 1.807) is 0 Å². The van der Waals surface area contributed by atoms with Crippen LogP contribution < -0.4 is 5.32 Å². The van der Waals surface area contributed by atoms with E-state index in [9.17, 15) is 19.2 Å². The predicted molar refractivity (Wildman–Crippen MR) is 96.5 cm³/mol. The van der Waals surface area contributed by atoms with Crippen LogP contribution in [0.15, 0.2) is 40.8 Å². The lowest BCUT2D eigenvalue weighted by Crippen LogP contribution is -2.42. The van der Waals surface area contributed by atoms with Crippen molar-refractivity contribution in [3.8, 4) is 0 Å². The summed E-state index contributed by atoms with van der Waals surface area (Å²) in [5.74, 6) is -1.67. The number of rotatable bonds is 5. The summed E-state index contributed by atoms with van der Waals surface area (Å²) in [5, 5.41) is 2.75. The maximum Gasteiger partial charge on any atom is 0.373 e. The van der Waals surface area contributed by atoms with Crippen molar-refractivity contribution in [2.75, 3.05) is 13.7 Å². The molecule has 1 fully saturated rings. The Hall–Kier alpha value is -3.62. The topological polar surface area (TPSA) is 115 Å². The van der Waals surface area contributed by atoms with Crippen molar-refractivity contribution in [1.29, 1.82) is 0 Å². The van der Waals surface area contributed by atoms with Gasteiger partial charge in [0.05, 0.1) is 7.11 Å². The molecule has 1 spiro atoms. The summed E-state index contributed by atoms with van der Waals surface area (Å²) >= 11 is 0. The highest BCUT2D eigenvalue weighted by Gasteiger charge is 2.55. The van der Waals surface area contributed by atoms with Crippen molar-refractivity contribution in [2.45, 2.75) is 25.0 Å². The molecule has 3 amide bonds. The Morgan fingerprint density at radius 1 is 1.21 bits per heavy atom. The highest BCUT2D eigenvalue weighted by atomic mass is 16.6. The first kappa shape index (κ1) is 18.7. The fraction of sp³-hybridized carbons (Fsp3) is 0.300. The van der Waals surface area contributed by atoms with Gasteiger partial charge in [0.25, 0.3) is 5.91 Å². The molecule has 1 aromatic carbocycles. The van der Waals surface area contributed by atoms with Crippen LogP contribution in [-0.2, 0) is 37.6 Å². The molecule has 9 heteroatoms. The fourth-order valence-corrected chi connectivity index (χ4v) is 3.73. The summed E-state index contributed by atoms with van der Waals surface area (Å²) in [4.78, 5) is 49.8. The summed E-state index contributed by atoms with van der Waals surface area (Å²) in [7, 11) is 1.22. The fourth-order valence-electron chi connectivity index (χ4n) is 3.73. The largest absolute Gasteiger partial charge is 0.463 e. The number of carbonyl (C=O) groups is 4. The van der Waals surface area contributed by atoms with Crippen LogP contribution in [0.25, 0.3) is 0 Å². The van der Waals surface area contributed by atoms with Crippen LogP contribution in [0.1, 0.15) is 33.9 Å². The van der Waals surface area contributed by atoms with Gasteiger partial charge in [0, 0.05) is 0 Å². The average Bonchev–Trinajstić information content (AvgIpc) is 3.40. The molecule has 1 saturated heterocycles. The first-order valence-corrected chi connectivity index (χ1v) is 9.00. The van der Waals surface area contributed by atoms with Gasteiger partial charge in [-0.25, -0.2) is 9.59 Å². The van der Waals surface area contributed by atoms with Gasteiger partial charge < -0.3 is 19.2 Å². The lowest BCUT2D eigenvalue weighted by Gasteiger charge is -2.22. The van der Waals surface area contributed by atoms with Crippen LogP contribution in [0.4, 0.5) is 4.79 Å². The van der Waals surface area contributed by atoms with E-state index >= 15 is 0 Å². The van der Waals surface area contributed by atoms with Gasteiger partial charge in [0.1, 0.15) is 24.5 Å². The third-order valence-electron chi connectivity index (χ3n) is 5.13. The van der Waals surface area contributed by atoms with E-state index < -0.39 is 36.0 Å². The Morgan fingerprint density at radius 3 is 2.79 bits per heavy atom. The van der Waals surface area contributed by atoms with E-state index in [0.717, 1.165) is 16.0 Å². The first-order valence-electron chi connectivity index (χ1n) is 9.00. The monoisotopic (exact) mass is 398 g/mol. The van der Waals surface area contributed by atoms with E-state index in [1.165, 1.54) is 19.2 Å². The second kappa shape index (κ2) is 7.08. The molecule has 1 aromatic heterocycles. The Labute approximate surface area is 165 Å². The van der Waals surface area contributed by atoms with Gasteiger partial charge >= 0.3 is 18.0 Å². The SMILES string of the molecule is COC(=O)c1ccc(COC(=O)CN2C(=O)N[C@]3(CCc4ccccc43)C2=O)o1. The zero-order chi connectivity index (χ0) is 20.6. The number of carbonyl (C=O) groups excluding carboxylic acids is 4. The first-order chi connectivity index (χ1) is 13.9. The van der Waals surface area contributed by atoms with Gasteiger partial charge in [-0.1, -0.05) is 24.3 Å². The maximum absolute atomic E-state index is 13.0. The Kier molecular flexibility index (Phi) is 4.57. The van der Waals surface area contributed by atoms with Crippen molar-refractivity contribution in [2.24, 2.45) is 0 Å². The molecule has 1 aliphatic heterocycles. The molecular weight excluding hydrogens is 380 g/mol. The molecule has 150 valence electrons. The molecule has 2 aromatic rings. The molecule has 9 nitrogen and oxygen atoms in total. The van der Waals surface area contributed by atoms with E-state index in [-0.39, 0.29) is 18.1 Å². The van der Waals surface area contributed by atoms with Gasteiger partial charge in [-0.15, -0.1) is 0 Å². The molecule has 0 bridgehead atoms. The normalized spacial score (nSPS) is 20.0. The molecular formula is C20H18N2O7. The number of aryl methyl sites for hydroxylation is 1. The second-order valence-electron chi connectivity index (χ2n) is 6.80. The number of hydrogen-bond acceptors (Lipinski definition) is 7. The molecule has 1 aliphatic carbocycles. The summed E-state index contributed by atoms with van der Waals surface area (Å²) in [6.07, 6.45) is 1.12. The number of nitrogens with one attached hydrogen (secondary N) is 1. The maximum atomic E-state index is 13.0. The number of esters is 2. The number of hydrogen-bond donors (Lipinski definition) is 1. The van der Waals surface area contributed by atoms with Gasteiger partial charge in [-0.3, -0.25) is 14.5 Å². The van der Waals surface area contributed by atoms with Crippen LogP contribution in [0.3, 0.4) is 0 Å². The van der Waals surface area contributed by atoms with Gasteiger partial charge in [0.15, 0.2) is 0 Å². The van der Waals surface area contributed by atoms with Crippen LogP contribution in [0, 0.1) is 0 Å². The number of ether oxygens (including phenoxy) is 2. The third kappa shape index (κ3) is 3.14. The standard InChI is InChI=1S/C20H18N2O7/c1-27-17(24)15-7-6-13(29-15)11-28-16(23)10-22-18(25)20(21-19(22)26)9-8-12-4-2-3-5-14(12)20/h2-7H,8-11H2,1H3,(H,21,26)/t20-/m0/s1. The number of urea groups is 1. The van der Waals surface area contributed by atoms with E-state index in [1.807, 2.05) is 24.3 Å². The number of fused-ring (bicyclic) bond motifs is 2. The van der Waals surface area contributed by atoms with Gasteiger partial charge in [0.2, 0.25) is 5.76 Å². The summed E-state index contributed by atoms with van der Waals surface area (Å²) in [6, 6.07) is 9.67. The lowest BCUT2D eigenvalue weighted by molar-refractivity contribution is -0.149. The second-order valence-corrected chi connectivity index (χ2v) is 6.80. The minimum absolute atomic E-state index is 0.0190. The van der Waals surface area contributed by atoms with Crippen LogP contribution >= 0.6 is 0 Å².